The smallest absolute Gasteiger partial charge is 0.266 e. The largest absolute Gasteiger partial charge is 0.490 e. The van der Waals surface area contributed by atoms with Gasteiger partial charge in [0.1, 0.15) is 24.0 Å². The van der Waals surface area contributed by atoms with Gasteiger partial charge in [0.25, 0.3) is 5.91 Å². The van der Waals surface area contributed by atoms with E-state index in [2.05, 4.69) is 5.32 Å². The Labute approximate surface area is 187 Å². The van der Waals surface area contributed by atoms with Crippen LogP contribution in [0, 0.1) is 11.3 Å². The van der Waals surface area contributed by atoms with Gasteiger partial charge < -0.3 is 10.1 Å². The van der Waals surface area contributed by atoms with Crippen molar-refractivity contribution in [2.75, 3.05) is 11.9 Å². The molecule has 158 valence electrons. The van der Waals surface area contributed by atoms with Crippen LogP contribution in [0.5, 0.6) is 5.75 Å². The summed E-state index contributed by atoms with van der Waals surface area (Å²) < 4.78 is 5.74. The fourth-order valence-electron chi connectivity index (χ4n) is 2.92. The Morgan fingerprint density at radius 2 is 1.72 bits per heavy atom. The summed E-state index contributed by atoms with van der Waals surface area (Å²) >= 11 is 0. The lowest BCUT2D eigenvalue weighted by Gasteiger charge is -2.07. The number of benzene rings is 3. The zero-order valence-corrected chi connectivity index (χ0v) is 17.6. The van der Waals surface area contributed by atoms with E-state index in [1.54, 1.807) is 42.5 Å². The molecule has 0 bridgehead atoms. The molecule has 0 spiro atoms. The fraction of sp³-hybridized carbons (Fsp3) is 0.0741. The van der Waals surface area contributed by atoms with Crippen LogP contribution in [0.25, 0.3) is 12.2 Å². The first kappa shape index (κ1) is 22.3. The van der Waals surface area contributed by atoms with Gasteiger partial charge in [-0.3, -0.25) is 9.59 Å². The van der Waals surface area contributed by atoms with Crippen molar-refractivity contribution in [3.63, 3.8) is 0 Å². The van der Waals surface area contributed by atoms with Crippen LogP contribution in [-0.2, 0) is 4.79 Å². The Bertz CT molecular complexity index is 1200. The summed E-state index contributed by atoms with van der Waals surface area (Å²) in [5.41, 5.74) is 2.63. The fourth-order valence-corrected chi connectivity index (χ4v) is 2.92. The Morgan fingerprint density at radius 3 is 2.47 bits per heavy atom. The van der Waals surface area contributed by atoms with Crippen molar-refractivity contribution >= 4 is 29.5 Å². The van der Waals surface area contributed by atoms with Crippen molar-refractivity contribution in [3.8, 4) is 11.8 Å². The number of hydrogen-bond donors (Lipinski definition) is 1. The molecule has 3 aromatic rings. The number of anilines is 1. The van der Waals surface area contributed by atoms with E-state index in [0.717, 1.165) is 5.56 Å². The summed E-state index contributed by atoms with van der Waals surface area (Å²) in [6.07, 6.45) is 5.39. The predicted octanol–water partition coefficient (Wildman–Crippen LogP) is 5.53. The minimum atomic E-state index is -0.551. The number of rotatable bonds is 8. The molecule has 0 atom stereocenters. The number of nitriles is 1. The Hall–Kier alpha value is -4.43. The van der Waals surface area contributed by atoms with E-state index in [4.69, 9.17) is 4.74 Å². The summed E-state index contributed by atoms with van der Waals surface area (Å²) in [6.45, 7) is 1.84. The average molecular weight is 422 g/mol. The van der Waals surface area contributed by atoms with Gasteiger partial charge in [0.2, 0.25) is 0 Å². The van der Waals surface area contributed by atoms with Gasteiger partial charge in [0, 0.05) is 11.3 Å². The molecule has 0 aliphatic rings. The number of amides is 1. The topological polar surface area (TPSA) is 79.2 Å². The predicted molar refractivity (Wildman–Crippen MR) is 126 cm³/mol. The van der Waals surface area contributed by atoms with E-state index in [-0.39, 0.29) is 11.4 Å². The van der Waals surface area contributed by atoms with Crippen LogP contribution in [0.1, 0.15) is 28.4 Å². The van der Waals surface area contributed by atoms with Crippen LogP contribution in [0.4, 0.5) is 5.69 Å². The third-order valence-electron chi connectivity index (χ3n) is 4.52. The second-order valence-electron chi connectivity index (χ2n) is 6.96. The van der Waals surface area contributed by atoms with Gasteiger partial charge >= 0.3 is 0 Å². The molecule has 3 rings (SSSR count). The van der Waals surface area contributed by atoms with Crippen molar-refractivity contribution < 1.29 is 14.3 Å². The number of carbonyl (C=O) groups is 2. The standard InChI is InChI=1S/C27H22N2O3/c1-20(30)23-12-6-13-25(18-23)29-27(31)24(19-28)16-22-10-5-14-26(17-22)32-15-7-11-21-8-3-2-4-9-21/h2-14,16-18H,15H2,1H3,(H,29,31)/b11-7+,24-16-. The number of carbonyl (C=O) groups excluding carboxylic acids is 2. The first-order valence-corrected chi connectivity index (χ1v) is 10.0. The SMILES string of the molecule is CC(=O)c1cccc(NC(=O)/C(C#N)=C\c2cccc(OC/C=C/c3ccccc3)c2)c1. The average Bonchev–Trinajstić information content (AvgIpc) is 2.81. The second-order valence-corrected chi connectivity index (χ2v) is 6.96. The monoisotopic (exact) mass is 422 g/mol. The van der Waals surface area contributed by atoms with Crippen LogP contribution < -0.4 is 10.1 Å². The normalized spacial score (nSPS) is 11.1. The van der Waals surface area contributed by atoms with Gasteiger partial charge in [-0.05, 0) is 54.5 Å². The minimum absolute atomic E-state index is 0.0562. The second kappa shape index (κ2) is 11.1. The molecule has 5 nitrogen and oxygen atoms in total. The maximum Gasteiger partial charge on any atom is 0.266 e. The van der Waals surface area contributed by atoms with E-state index in [1.165, 1.54) is 13.0 Å². The molecule has 0 saturated carbocycles. The van der Waals surface area contributed by atoms with Crippen LogP contribution in [0.2, 0.25) is 0 Å². The van der Waals surface area contributed by atoms with Crippen molar-refractivity contribution in [2.24, 2.45) is 0 Å². The highest BCUT2D eigenvalue weighted by Crippen LogP contribution is 2.18. The molecular weight excluding hydrogens is 400 g/mol. The first-order chi connectivity index (χ1) is 15.5. The van der Waals surface area contributed by atoms with Crippen LogP contribution in [0.15, 0.2) is 90.5 Å². The van der Waals surface area contributed by atoms with E-state index < -0.39 is 5.91 Å². The summed E-state index contributed by atoms with van der Waals surface area (Å²) in [5, 5.41) is 12.1. The van der Waals surface area contributed by atoms with Crippen molar-refractivity contribution in [2.45, 2.75) is 6.92 Å². The minimum Gasteiger partial charge on any atom is -0.490 e. The summed E-state index contributed by atoms with van der Waals surface area (Å²) in [4.78, 5) is 24.1. The van der Waals surface area contributed by atoms with Crippen molar-refractivity contribution in [3.05, 3.63) is 107 Å². The zero-order valence-electron chi connectivity index (χ0n) is 17.6. The van der Waals surface area contributed by atoms with Crippen molar-refractivity contribution in [1.82, 2.24) is 0 Å². The van der Waals surface area contributed by atoms with Gasteiger partial charge in [0.15, 0.2) is 5.78 Å². The van der Waals surface area contributed by atoms with E-state index in [0.29, 0.717) is 29.2 Å². The molecule has 0 radical (unpaired) electrons. The third kappa shape index (κ3) is 6.54. The molecule has 0 fully saturated rings. The highest BCUT2D eigenvalue weighted by Gasteiger charge is 2.11. The van der Waals surface area contributed by atoms with E-state index in [9.17, 15) is 14.9 Å². The molecule has 5 heteroatoms. The van der Waals surface area contributed by atoms with Gasteiger partial charge in [-0.15, -0.1) is 0 Å². The quantitative estimate of drug-likeness (QED) is 0.294. The lowest BCUT2D eigenvalue weighted by molar-refractivity contribution is -0.112. The van der Waals surface area contributed by atoms with Crippen LogP contribution >= 0.6 is 0 Å². The van der Waals surface area contributed by atoms with Gasteiger partial charge in [0.05, 0.1) is 0 Å². The molecule has 0 unspecified atom stereocenters. The van der Waals surface area contributed by atoms with E-state index >= 15 is 0 Å². The lowest BCUT2D eigenvalue weighted by atomic mass is 10.1. The van der Waals surface area contributed by atoms with Crippen LogP contribution in [-0.4, -0.2) is 18.3 Å². The Balaban J connectivity index is 1.66. The Morgan fingerprint density at radius 1 is 0.969 bits per heavy atom. The molecule has 3 aromatic carbocycles. The number of nitrogens with one attached hydrogen (secondary N) is 1. The number of ketones is 1. The van der Waals surface area contributed by atoms with Gasteiger partial charge in [-0.2, -0.15) is 5.26 Å². The first-order valence-electron chi connectivity index (χ1n) is 10.0. The summed E-state index contributed by atoms with van der Waals surface area (Å²) in [5.74, 6) is -0.0267. The molecular formula is C27H22N2O3. The number of Topliss-reactive ketones (excluding diaryl/α,β-unsaturated/α-hetero) is 1. The molecule has 0 saturated heterocycles. The summed E-state index contributed by atoms with van der Waals surface area (Å²) in [6, 6.07) is 25.6. The zero-order chi connectivity index (χ0) is 22.8. The van der Waals surface area contributed by atoms with Gasteiger partial charge in [-0.1, -0.05) is 60.7 Å². The molecule has 0 aliphatic carbocycles. The van der Waals surface area contributed by atoms with Crippen molar-refractivity contribution in [1.29, 1.82) is 5.26 Å². The number of nitrogens with zero attached hydrogens (tertiary/aromatic N) is 1. The highest BCUT2D eigenvalue weighted by atomic mass is 16.5. The van der Waals surface area contributed by atoms with Gasteiger partial charge in [-0.25, -0.2) is 0 Å². The molecule has 0 aromatic heterocycles. The molecule has 1 amide bonds. The molecule has 0 heterocycles. The molecule has 1 N–H and O–H groups in total. The number of ether oxygens (including phenoxy) is 1. The van der Waals surface area contributed by atoms with Crippen LogP contribution in [0.3, 0.4) is 0 Å². The molecule has 32 heavy (non-hydrogen) atoms. The maximum atomic E-state index is 12.5. The number of hydrogen-bond acceptors (Lipinski definition) is 4. The summed E-state index contributed by atoms with van der Waals surface area (Å²) in [7, 11) is 0. The Kier molecular flexibility index (Phi) is 7.72. The molecule has 0 aliphatic heterocycles. The van der Waals surface area contributed by atoms with E-state index in [1.807, 2.05) is 54.6 Å². The maximum absolute atomic E-state index is 12.5. The third-order valence-corrected chi connectivity index (χ3v) is 4.52. The highest BCUT2D eigenvalue weighted by molar-refractivity contribution is 6.10. The lowest BCUT2D eigenvalue weighted by Crippen LogP contribution is -2.13.